The van der Waals surface area contributed by atoms with Gasteiger partial charge in [0.05, 0.1) is 10.4 Å². The standard InChI is InChI=1S/C17H25N3O2S.ClH/c1-12(2)15(18)9-11-20(4)23(21,22)16-8-7-13(3)17-14(16)6-5-10-19-17;/h5-8,10,12,15H,9,11,18H2,1-4H3;1H. The molecule has 0 saturated heterocycles. The summed E-state index contributed by atoms with van der Waals surface area (Å²) in [5, 5.41) is 0.660. The molecule has 5 nitrogen and oxygen atoms in total. The van der Waals surface area contributed by atoms with Crippen LogP contribution in [0.15, 0.2) is 35.4 Å². The van der Waals surface area contributed by atoms with Crippen LogP contribution in [-0.4, -0.2) is 37.3 Å². The Morgan fingerprint density at radius 3 is 2.54 bits per heavy atom. The molecule has 134 valence electrons. The lowest BCUT2D eigenvalue weighted by atomic mass is 10.0. The third-order valence-electron chi connectivity index (χ3n) is 4.25. The Bertz CT molecular complexity index is 794. The van der Waals surface area contributed by atoms with Crippen LogP contribution in [0.1, 0.15) is 25.8 Å². The van der Waals surface area contributed by atoms with Gasteiger partial charge in [-0.15, -0.1) is 12.4 Å². The van der Waals surface area contributed by atoms with Crippen LogP contribution in [0.5, 0.6) is 0 Å². The Morgan fingerprint density at radius 1 is 1.25 bits per heavy atom. The van der Waals surface area contributed by atoms with E-state index in [0.29, 0.717) is 29.2 Å². The molecule has 0 aliphatic heterocycles. The van der Waals surface area contributed by atoms with Crippen molar-refractivity contribution in [2.45, 2.75) is 38.1 Å². The van der Waals surface area contributed by atoms with Gasteiger partial charge in [0.25, 0.3) is 0 Å². The molecule has 0 spiro atoms. The van der Waals surface area contributed by atoms with Crippen molar-refractivity contribution in [3.63, 3.8) is 0 Å². The average molecular weight is 372 g/mol. The summed E-state index contributed by atoms with van der Waals surface area (Å²) < 4.78 is 27.2. The number of sulfonamides is 1. The maximum absolute atomic E-state index is 12.9. The molecule has 0 aliphatic rings. The van der Waals surface area contributed by atoms with Gasteiger partial charge in [-0.05, 0) is 43.0 Å². The zero-order valence-electron chi connectivity index (χ0n) is 14.6. The number of nitrogens with zero attached hydrogens (tertiary/aromatic N) is 2. The van der Waals surface area contributed by atoms with Gasteiger partial charge in [0.2, 0.25) is 10.0 Å². The predicted molar refractivity (Wildman–Crippen MR) is 101 cm³/mol. The molecule has 1 aromatic carbocycles. The van der Waals surface area contributed by atoms with Gasteiger partial charge >= 0.3 is 0 Å². The molecule has 2 N–H and O–H groups in total. The molecule has 24 heavy (non-hydrogen) atoms. The van der Waals surface area contributed by atoms with E-state index in [9.17, 15) is 8.42 Å². The minimum atomic E-state index is -3.57. The second-order valence-electron chi connectivity index (χ2n) is 6.30. The van der Waals surface area contributed by atoms with E-state index >= 15 is 0 Å². The van der Waals surface area contributed by atoms with E-state index in [1.807, 2.05) is 20.8 Å². The summed E-state index contributed by atoms with van der Waals surface area (Å²) in [6.45, 7) is 6.41. The Morgan fingerprint density at radius 2 is 1.92 bits per heavy atom. The monoisotopic (exact) mass is 371 g/mol. The molecule has 0 saturated carbocycles. The lowest BCUT2D eigenvalue weighted by Gasteiger charge is -2.22. The molecule has 1 unspecified atom stereocenters. The molecule has 0 radical (unpaired) electrons. The molecule has 7 heteroatoms. The van der Waals surface area contributed by atoms with E-state index in [1.165, 1.54) is 4.31 Å². The minimum Gasteiger partial charge on any atom is -0.327 e. The first-order valence-electron chi connectivity index (χ1n) is 7.81. The van der Waals surface area contributed by atoms with Gasteiger partial charge in [0.1, 0.15) is 0 Å². The summed E-state index contributed by atoms with van der Waals surface area (Å²) >= 11 is 0. The van der Waals surface area contributed by atoms with E-state index in [4.69, 9.17) is 5.73 Å². The van der Waals surface area contributed by atoms with Crippen LogP contribution in [-0.2, 0) is 10.0 Å². The predicted octanol–water partition coefficient (Wildman–Crippen LogP) is 2.96. The summed E-state index contributed by atoms with van der Waals surface area (Å²) in [6, 6.07) is 7.01. The Labute approximate surface area is 150 Å². The first kappa shape index (κ1) is 20.8. The van der Waals surface area contributed by atoms with Crippen molar-refractivity contribution in [3.05, 3.63) is 36.0 Å². The number of rotatable bonds is 6. The number of halogens is 1. The number of hydrogen-bond donors (Lipinski definition) is 1. The smallest absolute Gasteiger partial charge is 0.243 e. The number of pyridine rings is 1. The SMILES string of the molecule is Cc1ccc(S(=O)(=O)N(C)CCC(N)C(C)C)c2cccnc12.Cl. The highest BCUT2D eigenvalue weighted by Gasteiger charge is 2.24. The van der Waals surface area contributed by atoms with Gasteiger partial charge in [-0.3, -0.25) is 4.98 Å². The van der Waals surface area contributed by atoms with E-state index in [-0.39, 0.29) is 18.4 Å². The summed E-state index contributed by atoms with van der Waals surface area (Å²) in [4.78, 5) is 4.61. The number of benzene rings is 1. The highest BCUT2D eigenvalue weighted by molar-refractivity contribution is 7.89. The van der Waals surface area contributed by atoms with Crippen molar-refractivity contribution in [1.82, 2.24) is 9.29 Å². The number of hydrogen-bond acceptors (Lipinski definition) is 4. The Balaban J connectivity index is 0.00000288. The zero-order chi connectivity index (χ0) is 17.2. The maximum Gasteiger partial charge on any atom is 0.243 e. The van der Waals surface area contributed by atoms with Crippen molar-refractivity contribution in [2.75, 3.05) is 13.6 Å². The summed E-state index contributed by atoms with van der Waals surface area (Å²) in [6.07, 6.45) is 2.31. The van der Waals surface area contributed by atoms with Gasteiger partial charge in [0.15, 0.2) is 0 Å². The van der Waals surface area contributed by atoms with Crippen LogP contribution in [0, 0.1) is 12.8 Å². The second kappa shape index (κ2) is 8.25. The van der Waals surface area contributed by atoms with Crippen molar-refractivity contribution >= 4 is 33.3 Å². The fraction of sp³-hybridized carbons (Fsp3) is 0.471. The van der Waals surface area contributed by atoms with E-state index < -0.39 is 10.0 Å². The zero-order valence-corrected chi connectivity index (χ0v) is 16.2. The largest absolute Gasteiger partial charge is 0.327 e. The highest BCUT2D eigenvalue weighted by Crippen LogP contribution is 2.26. The average Bonchev–Trinajstić information content (AvgIpc) is 2.52. The van der Waals surface area contributed by atoms with Crippen LogP contribution in [0.3, 0.4) is 0 Å². The van der Waals surface area contributed by atoms with Crippen LogP contribution in [0.25, 0.3) is 10.9 Å². The van der Waals surface area contributed by atoms with Crippen LogP contribution < -0.4 is 5.73 Å². The fourth-order valence-corrected chi connectivity index (χ4v) is 3.83. The number of aromatic nitrogens is 1. The molecular weight excluding hydrogens is 346 g/mol. The first-order chi connectivity index (χ1) is 10.7. The second-order valence-corrected chi connectivity index (χ2v) is 8.32. The minimum absolute atomic E-state index is 0. The van der Waals surface area contributed by atoms with Gasteiger partial charge in [-0.25, -0.2) is 12.7 Å². The van der Waals surface area contributed by atoms with Crippen LogP contribution in [0.4, 0.5) is 0 Å². The molecule has 0 bridgehead atoms. The third kappa shape index (κ3) is 4.25. The summed E-state index contributed by atoms with van der Waals surface area (Å²) in [7, 11) is -1.96. The van der Waals surface area contributed by atoms with Crippen molar-refractivity contribution in [1.29, 1.82) is 0 Å². The lowest BCUT2D eigenvalue weighted by Crippen LogP contribution is -2.34. The van der Waals surface area contributed by atoms with Crippen molar-refractivity contribution in [2.24, 2.45) is 11.7 Å². The van der Waals surface area contributed by atoms with Crippen LogP contribution >= 0.6 is 12.4 Å². The van der Waals surface area contributed by atoms with E-state index in [2.05, 4.69) is 4.98 Å². The van der Waals surface area contributed by atoms with Crippen molar-refractivity contribution in [3.8, 4) is 0 Å². The lowest BCUT2D eigenvalue weighted by molar-refractivity contribution is 0.398. The summed E-state index contributed by atoms with van der Waals surface area (Å²) in [5.41, 5.74) is 7.71. The number of nitrogens with two attached hydrogens (primary N) is 1. The topological polar surface area (TPSA) is 76.3 Å². The molecule has 0 amide bonds. The molecule has 1 heterocycles. The van der Waals surface area contributed by atoms with Gasteiger partial charge in [0, 0.05) is 31.2 Å². The summed E-state index contributed by atoms with van der Waals surface area (Å²) in [5.74, 6) is 0.329. The third-order valence-corrected chi connectivity index (χ3v) is 6.17. The molecule has 2 rings (SSSR count). The molecule has 1 atom stereocenters. The maximum atomic E-state index is 12.9. The molecule has 0 fully saturated rings. The highest BCUT2D eigenvalue weighted by atomic mass is 35.5. The quantitative estimate of drug-likeness (QED) is 0.846. The normalized spacial score (nSPS) is 13.3. The fourth-order valence-electron chi connectivity index (χ4n) is 2.46. The first-order valence-corrected chi connectivity index (χ1v) is 9.25. The Hall–Kier alpha value is -1.21. The van der Waals surface area contributed by atoms with E-state index in [0.717, 1.165) is 11.1 Å². The molecule has 2 aromatic rings. The van der Waals surface area contributed by atoms with Crippen LogP contribution in [0.2, 0.25) is 0 Å². The van der Waals surface area contributed by atoms with Gasteiger partial charge in [-0.1, -0.05) is 19.9 Å². The number of fused-ring (bicyclic) bond motifs is 1. The number of aryl methyl sites for hydroxylation is 1. The molecular formula is C17H26ClN3O2S. The molecule has 1 aromatic heterocycles. The van der Waals surface area contributed by atoms with Gasteiger partial charge in [-0.2, -0.15) is 0 Å². The molecule has 0 aliphatic carbocycles. The van der Waals surface area contributed by atoms with Crippen molar-refractivity contribution < 1.29 is 8.42 Å². The van der Waals surface area contributed by atoms with E-state index in [1.54, 1.807) is 37.5 Å². The Kier molecular flexibility index (Phi) is 7.16. The van der Waals surface area contributed by atoms with Gasteiger partial charge < -0.3 is 5.73 Å².